The lowest BCUT2D eigenvalue weighted by molar-refractivity contribution is -0.0793. The summed E-state index contributed by atoms with van der Waals surface area (Å²) in [4.78, 5) is 5.00. The van der Waals surface area contributed by atoms with Crippen LogP contribution in [0.4, 0.5) is 0 Å². The zero-order chi connectivity index (χ0) is 22.4. The van der Waals surface area contributed by atoms with E-state index in [1.807, 2.05) is 0 Å². The third kappa shape index (κ3) is 13.4. The van der Waals surface area contributed by atoms with Gasteiger partial charge in [-0.15, -0.1) is 0 Å². The molecular formula is C18H45NO5Si4. The van der Waals surface area contributed by atoms with E-state index in [1.165, 1.54) is 0 Å². The van der Waals surface area contributed by atoms with Crippen LogP contribution in [0.1, 0.15) is 0 Å². The van der Waals surface area contributed by atoms with Crippen molar-refractivity contribution < 1.29 is 22.5 Å². The molecule has 0 aromatic carbocycles. The fraction of sp³-hybridized carbons (Fsp3) is 0.944. The molecule has 0 aromatic rings. The predicted octanol–water partition coefficient (Wildman–Crippen LogP) is 5.13. The molecule has 0 fully saturated rings. The molecule has 0 saturated heterocycles. The lowest BCUT2D eigenvalue weighted by atomic mass is 10.00. The SMILES string of the molecule is CON=C[C@H](O[Si](C)(C)C)C(CO[Si](C)(C)C)(CO[Si](C)(C)C)O[Si](C)(C)C. The van der Waals surface area contributed by atoms with Gasteiger partial charge in [0.1, 0.15) is 18.8 Å². The van der Waals surface area contributed by atoms with Gasteiger partial charge in [0.15, 0.2) is 33.3 Å². The Hall–Kier alpha value is 0.178. The summed E-state index contributed by atoms with van der Waals surface area (Å²) in [7, 11) is -5.89. The highest BCUT2D eigenvalue weighted by molar-refractivity contribution is 6.71. The number of oxime groups is 1. The molecule has 0 rings (SSSR count). The van der Waals surface area contributed by atoms with Crippen molar-refractivity contribution in [3.63, 3.8) is 0 Å². The Morgan fingerprint density at radius 2 is 1.14 bits per heavy atom. The van der Waals surface area contributed by atoms with E-state index in [9.17, 15) is 0 Å². The summed E-state index contributed by atoms with van der Waals surface area (Å²) in [5.74, 6) is 0. The average molecular weight is 468 g/mol. The molecule has 0 heterocycles. The minimum absolute atomic E-state index is 0.404. The first-order chi connectivity index (χ1) is 12.3. The van der Waals surface area contributed by atoms with Crippen LogP contribution in [0, 0.1) is 0 Å². The van der Waals surface area contributed by atoms with E-state index < -0.39 is 45.0 Å². The van der Waals surface area contributed by atoms with Crippen LogP contribution < -0.4 is 0 Å². The normalized spacial score (nSPS) is 15.9. The molecule has 0 aliphatic carbocycles. The summed E-state index contributed by atoms with van der Waals surface area (Å²) in [5.41, 5.74) is -0.757. The van der Waals surface area contributed by atoms with Crippen molar-refractivity contribution in [2.24, 2.45) is 5.16 Å². The van der Waals surface area contributed by atoms with Gasteiger partial charge in [0, 0.05) is 0 Å². The first-order valence-electron chi connectivity index (χ1n) is 10.0. The highest BCUT2D eigenvalue weighted by Crippen LogP contribution is 2.29. The summed E-state index contributed by atoms with van der Waals surface area (Å²) in [6.45, 7) is 27.0. The van der Waals surface area contributed by atoms with E-state index in [-0.39, 0.29) is 0 Å². The van der Waals surface area contributed by atoms with E-state index >= 15 is 0 Å². The van der Waals surface area contributed by atoms with Crippen molar-refractivity contribution >= 4 is 39.5 Å². The molecule has 0 N–H and O–H groups in total. The molecule has 0 aromatic heterocycles. The Morgan fingerprint density at radius 3 is 1.43 bits per heavy atom. The summed E-state index contributed by atoms with van der Waals surface area (Å²) in [6.07, 6.45) is 1.32. The highest BCUT2D eigenvalue weighted by atomic mass is 28.4. The summed E-state index contributed by atoms with van der Waals surface area (Å²) in [6, 6.07) is 0. The van der Waals surface area contributed by atoms with Crippen LogP contribution in [0.25, 0.3) is 0 Å². The molecule has 0 spiro atoms. The van der Waals surface area contributed by atoms with Crippen LogP contribution in [0.5, 0.6) is 0 Å². The molecule has 0 aliphatic rings. The predicted molar refractivity (Wildman–Crippen MR) is 129 cm³/mol. The van der Waals surface area contributed by atoms with Crippen LogP contribution in [0.2, 0.25) is 78.6 Å². The first-order valence-corrected chi connectivity index (χ1v) is 23.6. The van der Waals surface area contributed by atoms with Gasteiger partial charge < -0.3 is 22.5 Å². The molecule has 1 atom stereocenters. The monoisotopic (exact) mass is 467 g/mol. The molecule has 0 aliphatic heterocycles. The Labute approximate surface area is 177 Å². The maximum absolute atomic E-state index is 6.81. The fourth-order valence-corrected chi connectivity index (χ4v) is 6.23. The Kier molecular flexibility index (Phi) is 10.5. The Morgan fingerprint density at radius 1 is 0.714 bits per heavy atom. The summed E-state index contributed by atoms with van der Waals surface area (Å²) >= 11 is 0. The highest BCUT2D eigenvalue weighted by Gasteiger charge is 2.47. The molecule has 0 radical (unpaired) electrons. The molecule has 10 heteroatoms. The van der Waals surface area contributed by atoms with Crippen LogP contribution in [0.3, 0.4) is 0 Å². The Balaban J connectivity index is 6.25. The molecule has 0 amide bonds. The third-order valence-electron chi connectivity index (χ3n) is 3.31. The maximum atomic E-state index is 6.81. The number of hydrogen-bond donors (Lipinski definition) is 0. The number of hydrogen-bond acceptors (Lipinski definition) is 6. The number of rotatable bonds is 13. The minimum Gasteiger partial charge on any atom is -0.415 e. The van der Waals surface area contributed by atoms with Gasteiger partial charge in [-0.3, -0.25) is 0 Å². The average Bonchev–Trinajstić information content (AvgIpc) is 2.42. The van der Waals surface area contributed by atoms with Gasteiger partial charge in [0.2, 0.25) is 0 Å². The molecule has 0 saturated carbocycles. The quantitative estimate of drug-likeness (QED) is 0.213. The second-order valence-corrected chi connectivity index (χ2v) is 29.1. The van der Waals surface area contributed by atoms with Crippen molar-refractivity contribution in [1.29, 1.82) is 0 Å². The molecule has 168 valence electrons. The molecular weight excluding hydrogens is 423 g/mol. The lowest BCUT2D eigenvalue weighted by Gasteiger charge is -2.46. The van der Waals surface area contributed by atoms with Crippen molar-refractivity contribution in [2.75, 3.05) is 20.3 Å². The van der Waals surface area contributed by atoms with E-state index in [0.717, 1.165) is 0 Å². The summed E-state index contributed by atoms with van der Waals surface area (Å²) in [5, 5.41) is 4.06. The van der Waals surface area contributed by atoms with Gasteiger partial charge in [-0.25, -0.2) is 0 Å². The molecule has 28 heavy (non-hydrogen) atoms. The zero-order valence-corrected chi connectivity index (χ0v) is 24.6. The van der Waals surface area contributed by atoms with Crippen LogP contribution in [-0.2, 0) is 22.5 Å². The standard InChI is InChI=1S/C18H45NO5Si4/c1-20-19-14-17(23-27(8,9)10)18(24-28(11,12)13,15-21-25(2,3)4)16-22-26(5,6)7/h14,17H,15-16H2,1-13H3/t17-/m0/s1. The molecule has 0 unspecified atom stereocenters. The van der Waals surface area contributed by atoms with Crippen molar-refractivity contribution in [3.8, 4) is 0 Å². The Bertz CT molecular complexity index is 472. The second kappa shape index (κ2) is 10.5. The van der Waals surface area contributed by atoms with Gasteiger partial charge in [-0.2, -0.15) is 0 Å². The van der Waals surface area contributed by atoms with Crippen molar-refractivity contribution in [2.45, 2.75) is 90.3 Å². The zero-order valence-electron chi connectivity index (χ0n) is 20.6. The summed E-state index contributed by atoms with van der Waals surface area (Å²) < 4.78 is 26.1. The van der Waals surface area contributed by atoms with Gasteiger partial charge in [0.25, 0.3) is 0 Å². The first kappa shape index (κ1) is 28.2. The van der Waals surface area contributed by atoms with E-state index in [1.54, 1.807) is 13.3 Å². The van der Waals surface area contributed by atoms with E-state index in [4.69, 9.17) is 22.5 Å². The van der Waals surface area contributed by atoms with Crippen LogP contribution >= 0.6 is 0 Å². The lowest BCUT2D eigenvalue weighted by Crippen LogP contribution is -2.62. The third-order valence-corrected chi connectivity index (χ3v) is 7.31. The van der Waals surface area contributed by atoms with E-state index in [0.29, 0.717) is 13.2 Å². The molecule has 6 nitrogen and oxygen atoms in total. The maximum Gasteiger partial charge on any atom is 0.184 e. The van der Waals surface area contributed by atoms with Crippen LogP contribution in [0.15, 0.2) is 5.16 Å². The smallest absolute Gasteiger partial charge is 0.184 e. The van der Waals surface area contributed by atoms with Gasteiger partial charge in [-0.05, 0) is 78.6 Å². The number of nitrogens with zero attached hydrogens (tertiary/aromatic N) is 1. The minimum atomic E-state index is -1.96. The fourth-order valence-electron chi connectivity index (χ4n) is 2.38. The van der Waals surface area contributed by atoms with E-state index in [2.05, 4.69) is 83.7 Å². The van der Waals surface area contributed by atoms with Crippen molar-refractivity contribution in [3.05, 3.63) is 0 Å². The largest absolute Gasteiger partial charge is 0.415 e. The van der Waals surface area contributed by atoms with Crippen LogP contribution in [-0.4, -0.2) is 71.5 Å². The van der Waals surface area contributed by atoms with Gasteiger partial charge >= 0.3 is 0 Å². The van der Waals surface area contributed by atoms with Gasteiger partial charge in [-0.1, -0.05) is 5.16 Å². The molecule has 0 bridgehead atoms. The topological polar surface area (TPSA) is 58.5 Å². The van der Waals surface area contributed by atoms with Gasteiger partial charge in [0.05, 0.1) is 19.4 Å². The second-order valence-electron chi connectivity index (χ2n) is 11.2. The van der Waals surface area contributed by atoms with Crippen molar-refractivity contribution in [1.82, 2.24) is 0 Å².